The first-order valence-electron chi connectivity index (χ1n) is 8.82. The van der Waals surface area contributed by atoms with Gasteiger partial charge in [0.1, 0.15) is 5.69 Å². The van der Waals surface area contributed by atoms with Crippen LogP contribution in [0.25, 0.3) is 0 Å². The molecule has 1 amide bonds. The normalized spacial score (nSPS) is 11.0. The molecule has 8 nitrogen and oxygen atoms in total. The van der Waals surface area contributed by atoms with Crippen LogP contribution in [-0.4, -0.2) is 37.6 Å². The van der Waals surface area contributed by atoms with Crippen molar-refractivity contribution in [3.63, 3.8) is 0 Å². The van der Waals surface area contributed by atoms with E-state index in [1.807, 2.05) is 0 Å². The highest BCUT2D eigenvalue weighted by Gasteiger charge is 2.15. The van der Waals surface area contributed by atoms with Gasteiger partial charge in [-0.3, -0.25) is 9.52 Å². The van der Waals surface area contributed by atoms with Crippen LogP contribution in [0, 0.1) is 6.92 Å². The Balaban J connectivity index is 2.06. The molecule has 0 fully saturated rings. The molecule has 0 saturated heterocycles. The monoisotopic (exact) mass is 405 g/mol. The van der Waals surface area contributed by atoms with Gasteiger partial charge in [0.25, 0.3) is 5.91 Å². The maximum Gasteiger partial charge on any atom is 0.339 e. The van der Waals surface area contributed by atoms with Crippen LogP contribution in [-0.2, 0) is 14.8 Å². The summed E-state index contributed by atoms with van der Waals surface area (Å²) in [7, 11) is -3.37. The van der Waals surface area contributed by atoms with Gasteiger partial charge in [-0.05, 0) is 56.7 Å². The summed E-state index contributed by atoms with van der Waals surface area (Å²) >= 11 is 0. The molecule has 0 radical (unpaired) electrons. The lowest BCUT2D eigenvalue weighted by molar-refractivity contribution is 0.0524. The van der Waals surface area contributed by atoms with Crippen molar-refractivity contribution < 1.29 is 22.7 Å². The second-order valence-corrected chi connectivity index (χ2v) is 7.84. The highest BCUT2D eigenvalue weighted by molar-refractivity contribution is 7.92. The third-order valence-electron chi connectivity index (χ3n) is 3.70. The summed E-state index contributed by atoms with van der Waals surface area (Å²) < 4.78 is 31.0. The summed E-state index contributed by atoms with van der Waals surface area (Å²) in [4.78, 5) is 28.3. The lowest BCUT2D eigenvalue weighted by atomic mass is 10.2. The van der Waals surface area contributed by atoms with Gasteiger partial charge in [-0.15, -0.1) is 0 Å². The Hall–Kier alpha value is -2.94. The van der Waals surface area contributed by atoms with Crippen molar-refractivity contribution >= 4 is 33.3 Å². The van der Waals surface area contributed by atoms with Gasteiger partial charge in [0.05, 0.1) is 23.6 Å². The number of ether oxygens (including phenoxy) is 1. The van der Waals surface area contributed by atoms with Crippen molar-refractivity contribution in [1.29, 1.82) is 0 Å². The Kier molecular flexibility index (Phi) is 7.11. The maximum absolute atomic E-state index is 12.4. The zero-order valence-electron chi connectivity index (χ0n) is 16.0. The van der Waals surface area contributed by atoms with E-state index in [9.17, 15) is 18.0 Å². The summed E-state index contributed by atoms with van der Waals surface area (Å²) in [6.07, 6.45) is 0.519. The highest BCUT2D eigenvalue weighted by Crippen LogP contribution is 2.16. The first-order valence-corrected chi connectivity index (χ1v) is 10.5. The van der Waals surface area contributed by atoms with Crippen molar-refractivity contribution in [1.82, 2.24) is 4.98 Å². The summed E-state index contributed by atoms with van der Waals surface area (Å²) in [6, 6.07) is 9.24. The lowest BCUT2D eigenvalue weighted by Gasteiger charge is -2.10. The number of aryl methyl sites for hydroxylation is 1. The van der Waals surface area contributed by atoms with Crippen LogP contribution in [0.15, 0.2) is 36.4 Å². The van der Waals surface area contributed by atoms with Gasteiger partial charge in [-0.2, -0.15) is 0 Å². The zero-order chi connectivity index (χ0) is 20.7. The molecule has 9 heteroatoms. The third kappa shape index (κ3) is 5.78. The number of pyridine rings is 1. The number of anilines is 2. The fraction of sp³-hybridized carbons (Fsp3) is 0.316. The van der Waals surface area contributed by atoms with E-state index in [2.05, 4.69) is 15.0 Å². The van der Waals surface area contributed by atoms with Crippen molar-refractivity contribution in [3.05, 3.63) is 53.3 Å². The van der Waals surface area contributed by atoms with Gasteiger partial charge in [0, 0.05) is 11.4 Å². The molecular weight excluding hydrogens is 382 g/mol. The largest absolute Gasteiger partial charge is 0.462 e. The Morgan fingerprint density at radius 1 is 1.04 bits per heavy atom. The number of benzene rings is 1. The number of sulfonamides is 1. The van der Waals surface area contributed by atoms with Crippen molar-refractivity contribution in [2.24, 2.45) is 0 Å². The predicted octanol–water partition coefficient (Wildman–Crippen LogP) is 2.97. The standard InChI is InChI=1S/C19H23N3O5S/c1-4-12-28(25,26)22-15-8-6-14(7-9-15)21-18(23)17-11-10-16(13(3)20-17)19(24)27-5-2/h6-11,22H,4-5,12H2,1-3H3,(H,21,23). The second kappa shape index (κ2) is 9.32. The van der Waals surface area contributed by atoms with E-state index in [-0.39, 0.29) is 18.1 Å². The van der Waals surface area contributed by atoms with Gasteiger partial charge in [0.2, 0.25) is 10.0 Å². The predicted molar refractivity (Wildman–Crippen MR) is 107 cm³/mol. The number of aromatic nitrogens is 1. The molecule has 2 aromatic rings. The molecule has 28 heavy (non-hydrogen) atoms. The van der Waals surface area contributed by atoms with E-state index < -0.39 is 21.9 Å². The second-order valence-electron chi connectivity index (χ2n) is 6.00. The highest BCUT2D eigenvalue weighted by atomic mass is 32.2. The molecule has 0 atom stereocenters. The molecule has 1 aromatic carbocycles. The molecular formula is C19H23N3O5S. The number of hydrogen-bond donors (Lipinski definition) is 2. The van der Waals surface area contributed by atoms with E-state index in [0.29, 0.717) is 29.1 Å². The van der Waals surface area contributed by atoms with E-state index in [1.165, 1.54) is 12.1 Å². The average molecular weight is 405 g/mol. The van der Waals surface area contributed by atoms with Gasteiger partial charge in [0.15, 0.2) is 0 Å². The third-order valence-corrected chi connectivity index (χ3v) is 5.20. The van der Waals surface area contributed by atoms with Gasteiger partial charge in [-0.25, -0.2) is 18.2 Å². The first-order chi connectivity index (χ1) is 13.3. The molecule has 0 spiro atoms. The molecule has 0 aliphatic rings. The van der Waals surface area contributed by atoms with Crippen LogP contribution in [0.5, 0.6) is 0 Å². The van der Waals surface area contributed by atoms with Crippen LogP contribution in [0.2, 0.25) is 0 Å². The number of nitrogens with one attached hydrogen (secondary N) is 2. The van der Waals surface area contributed by atoms with Crippen LogP contribution < -0.4 is 10.0 Å². The summed E-state index contributed by atoms with van der Waals surface area (Å²) in [5, 5.41) is 2.68. The minimum Gasteiger partial charge on any atom is -0.462 e. The molecule has 2 N–H and O–H groups in total. The van der Waals surface area contributed by atoms with Crippen molar-refractivity contribution in [3.8, 4) is 0 Å². The van der Waals surface area contributed by atoms with Crippen LogP contribution in [0.1, 0.15) is 46.8 Å². The summed E-state index contributed by atoms with van der Waals surface area (Å²) in [5.41, 5.74) is 1.75. The number of carbonyl (C=O) groups excluding carboxylic acids is 2. The van der Waals surface area contributed by atoms with Gasteiger partial charge in [-0.1, -0.05) is 6.92 Å². The van der Waals surface area contributed by atoms with Crippen molar-refractivity contribution in [2.75, 3.05) is 22.4 Å². The molecule has 150 valence electrons. The van der Waals surface area contributed by atoms with Crippen LogP contribution in [0.3, 0.4) is 0 Å². The van der Waals surface area contributed by atoms with Gasteiger partial charge >= 0.3 is 5.97 Å². The molecule has 0 bridgehead atoms. The fourth-order valence-corrected chi connectivity index (χ4v) is 3.56. The molecule has 0 aliphatic carbocycles. The Morgan fingerprint density at radius 2 is 1.68 bits per heavy atom. The number of rotatable bonds is 8. The number of amides is 1. The van der Waals surface area contributed by atoms with Crippen molar-refractivity contribution in [2.45, 2.75) is 27.2 Å². The quantitative estimate of drug-likeness (QED) is 0.653. The molecule has 1 aromatic heterocycles. The van der Waals surface area contributed by atoms with E-state index >= 15 is 0 Å². The number of esters is 1. The fourth-order valence-electron chi connectivity index (χ4n) is 2.43. The number of carbonyl (C=O) groups is 2. The van der Waals surface area contributed by atoms with Crippen LogP contribution in [0.4, 0.5) is 11.4 Å². The lowest BCUT2D eigenvalue weighted by Crippen LogP contribution is -2.17. The number of hydrogen-bond acceptors (Lipinski definition) is 6. The minimum atomic E-state index is -3.37. The Labute approximate surface area is 164 Å². The molecule has 1 heterocycles. The molecule has 0 saturated carbocycles. The topological polar surface area (TPSA) is 114 Å². The molecule has 0 unspecified atom stereocenters. The van der Waals surface area contributed by atoms with E-state index in [4.69, 9.17) is 4.74 Å². The Bertz CT molecular complexity index is 956. The average Bonchev–Trinajstić information content (AvgIpc) is 2.63. The smallest absolute Gasteiger partial charge is 0.339 e. The molecule has 0 aliphatic heterocycles. The SMILES string of the molecule is CCCS(=O)(=O)Nc1ccc(NC(=O)c2ccc(C(=O)OCC)c(C)n2)cc1. The maximum atomic E-state index is 12.4. The summed E-state index contributed by atoms with van der Waals surface area (Å²) in [6.45, 7) is 5.38. The number of nitrogens with zero attached hydrogens (tertiary/aromatic N) is 1. The summed E-state index contributed by atoms with van der Waals surface area (Å²) in [5.74, 6) is -0.892. The Morgan fingerprint density at radius 3 is 2.25 bits per heavy atom. The van der Waals surface area contributed by atoms with E-state index in [0.717, 1.165) is 0 Å². The zero-order valence-corrected chi connectivity index (χ0v) is 16.8. The van der Waals surface area contributed by atoms with E-state index in [1.54, 1.807) is 45.0 Å². The first kappa shape index (κ1) is 21.4. The minimum absolute atomic E-state index is 0.0400. The molecule has 2 rings (SSSR count). The van der Waals surface area contributed by atoms with Crippen LogP contribution >= 0.6 is 0 Å². The van der Waals surface area contributed by atoms with Gasteiger partial charge < -0.3 is 10.1 Å².